The lowest BCUT2D eigenvalue weighted by atomic mass is 10.2. The molecule has 0 radical (unpaired) electrons. The van der Waals surface area contributed by atoms with Gasteiger partial charge in [-0.3, -0.25) is 0 Å². The van der Waals surface area contributed by atoms with Crippen LogP contribution >= 0.6 is 27.5 Å². The highest BCUT2D eigenvalue weighted by atomic mass is 79.9. The highest BCUT2D eigenvalue weighted by molar-refractivity contribution is 9.10. The van der Waals surface area contributed by atoms with Gasteiger partial charge in [0, 0.05) is 16.0 Å². The highest BCUT2D eigenvalue weighted by Crippen LogP contribution is 2.24. The Kier molecular flexibility index (Phi) is 4.79. The minimum absolute atomic E-state index is 0.0719. The molecule has 16 heavy (non-hydrogen) atoms. The van der Waals surface area contributed by atoms with Crippen LogP contribution < -0.4 is 5.73 Å². The van der Waals surface area contributed by atoms with Crippen LogP contribution in [0, 0.1) is 0 Å². The van der Waals surface area contributed by atoms with Crippen LogP contribution in [0.15, 0.2) is 22.7 Å². The third kappa shape index (κ3) is 3.45. The summed E-state index contributed by atoms with van der Waals surface area (Å²) in [6.07, 6.45) is 0. The summed E-state index contributed by atoms with van der Waals surface area (Å²) in [6, 6.07) is 5.15. The van der Waals surface area contributed by atoms with Crippen molar-refractivity contribution in [2.75, 3.05) is 6.54 Å². The van der Waals surface area contributed by atoms with E-state index in [1.54, 1.807) is 25.1 Å². The van der Waals surface area contributed by atoms with Gasteiger partial charge in [0.2, 0.25) is 0 Å². The zero-order valence-corrected chi connectivity index (χ0v) is 11.9. The normalized spacial score (nSPS) is 13.8. The number of benzene rings is 1. The molecule has 3 nitrogen and oxygen atoms in total. The summed E-state index contributed by atoms with van der Waals surface area (Å²) in [5.41, 5.74) is 5.96. The van der Waals surface area contributed by atoms with Crippen molar-refractivity contribution in [3.05, 3.63) is 33.3 Å². The number of nitrogens with two attached hydrogens (primary N) is 1. The Hall–Kier alpha value is -0.100. The smallest absolute Gasteiger partial charge is 0.158 e. The molecule has 0 aromatic heterocycles. The number of rotatable bonds is 4. The van der Waals surface area contributed by atoms with Gasteiger partial charge < -0.3 is 5.73 Å². The second kappa shape index (κ2) is 5.49. The molecule has 0 heterocycles. The van der Waals surface area contributed by atoms with Crippen molar-refractivity contribution in [2.24, 2.45) is 5.73 Å². The van der Waals surface area contributed by atoms with Crippen molar-refractivity contribution >= 4 is 37.4 Å². The molecule has 0 fully saturated rings. The molecule has 1 rings (SSSR count). The Morgan fingerprint density at radius 2 is 2.12 bits per heavy atom. The van der Waals surface area contributed by atoms with Crippen LogP contribution in [0.25, 0.3) is 0 Å². The molecule has 0 spiro atoms. The van der Waals surface area contributed by atoms with E-state index in [0.717, 1.165) is 4.47 Å². The van der Waals surface area contributed by atoms with Crippen molar-refractivity contribution in [1.29, 1.82) is 0 Å². The molecule has 0 aliphatic rings. The first kappa shape index (κ1) is 14.0. The van der Waals surface area contributed by atoms with E-state index in [1.165, 1.54) is 0 Å². The predicted molar refractivity (Wildman–Crippen MR) is 70.3 cm³/mol. The maximum atomic E-state index is 11.8. The van der Waals surface area contributed by atoms with Gasteiger partial charge in [-0.2, -0.15) is 0 Å². The summed E-state index contributed by atoms with van der Waals surface area (Å²) < 4.78 is 24.5. The number of halogens is 2. The van der Waals surface area contributed by atoms with Gasteiger partial charge in [-0.25, -0.2) is 8.42 Å². The molecular weight excluding hydrogens is 314 g/mol. The van der Waals surface area contributed by atoms with Gasteiger partial charge in [0.1, 0.15) is 0 Å². The SMILES string of the molecule is CC(CN)S(=O)(=O)Cc1ccc(Br)cc1Cl. The van der Waals surface area contributed by atoms with Gasteiger partial charge >= 0.3 is 0 Å². The Morgan fingerprint density at radius 1 is 1.50 bits per heavy atom. The van der Waals surface area contributed by atoms with Gasteiger partial charge in [-0.15, -0.1) is 0 Å². The van der Waals surface area contributed by atoms with Gasteiger partial charge in [0.25, 0.3) is 0 Å². The molecule has 2 N–H and O–H groups in total. The van der Waals surface area contributed by atoms with E-state index in [-0.39, 0.29) is 12.3 Å². The second-order valence-corrected chi connectivity index (χ2v) is 7.33. The first-order valence-corrected chi connectivity index (χ1v) is 7.61. The van der Waals surface area contributed by atoms with Crippen LogP contribution in [-0.4, -0.2) is 20.2 Å². The van der Waals surface area contributed by atoms with Crippen LogP contribution in [-0.2, 0) is 15.6 Å². The lowest BCUT2D eigenvalue weighted by Crippen LogP contribution is -2.27. The molecule has 1 atom stereocenters. The molecule has 90 valence electrons. The van der Waals surface area contributed by atoms with Crippen molar-refractivity contribution in [3.8, 4) is 0 Å². The predicted octanol–water partition coefficient (Wildman–Crippen LogP) is 2.36. The minimum Gasteiger partial charge on any atom is -0.329 e. The van der Waals surface area contributed by atoms with Crippen molar-refractivity contribution in [3.63, 3.8) is 0 Å². The molecule has 0 aliphatic heterocycles. The molecular formula is C10H13BrClNO2S. The van der Waals surface area contributed by atoms with E-state index < -0.39 is 15.1 Å². The summed E-state index contributed by atoms with van der Waals surface area (Å²) in [5.74, 6) is -0.0719. The van der Waals surface area contributed by atoms with Gasteiger partial charge in [-0.1, -0.05) is 33.6 Å². The first-order valence-electron chi connectivity index (χ1n) is 4.72. The molecule has 1 unspecified atom stereocenters. The number of sulfone groups is 1. The third-order valence-corrected chi connectivity index (χ3v) is 5.29. The summed E-state index contributed by atoms with van der Waals surface area (Å²) in [4.78, 5) is 0. The van der Waals surface area contributed by atoms with Crippen LogP contribution in [0.4, 0.5) is 0 Å². The Labute approximate surface area is 109 Å². The maximum absolute atomic E-state index is 11.8. The van der Waals surface area contributed by atoms with E-state index in [1.807, 2.05) is 0 Å². The highest BCUT2D eigenvalue weighted by Gasteiger charge is 2.20. The largest absolute Gasteiger partial charge is 0.329 e. The van der Waals surface area contributed by atoms with E-state index >= 15 is 0 Å². The van der Waals surface area contributed by atoms with Crippen LogP contribution in [0.1, 0.15) is 12.5 Å². The summed E-state index contributed by atoms with van der Waals surface area (Å²) >= 11 is 9.22. The molecule has 1 aromatic rings. The molecule has 0 saturated heterocycles. The molecule has 0 saturated carbocycles. The van der Waals surface area contributed by atoms with Crippen LogP contribution in [0.3, 0.4) is 0 Å². The van der Waals surface area contributed by atoms with Gasteiger partial charge in [0.15, 0.2) is 9.84 Å². The fourth-order valence-electron chi connectivity index (χ4n) is 1.14. The number of hydrogen-bond acceptors (Lipinski definition) is 3. The van der Waals surface area contributed by atoms with E-state index in [0.29, 0.717) is 10.6 Å². The van der Waals surface area contributed by atoms with E-state index in [9.17, 15) is 8.42 Å². The molecule has 0 amide bonds. The lowest BCUT2D eigenvalue weighted by molar-refractivity contribution is 0.583. The van der Waals surface area contributed by atoms with Gasteiger partial charge in [0.05, 0.1) is 11.0 Å². The second-order valence-electron chi connectivity index (χ2n) is 3.59. The molecule has 1 aromatic carbocycles. The summed E-state index contributed by atoms with van der Waals surface area (Å²) in [7, 11) is -3.22. The minimum atomic E-state index is -3.22. The number of hydrogen-bond donors (Lipinski definition) is 1. The van der Waals surface area contributed by atoms with Crippen molar-refractivity contribution in [2.45, 2.75) is 17.9 Å². The fourth-order valence-corrected chi connectivity index (χ4v) is 3.23. The topological polar surface area (TPSA) is 60.2 Å². The average Bonchev–Trinajstić information content (AvgIpc) is 2.21. The van der Waals surface area contributed by atoms with Gasteiger partial charge in [-0.05, 0) is 24.6 Å². The fraction of sp³-hybridized carbons (Fsp3) is 0.400. The molecule has 0 aliphatic carbocycles. The Bertz CT molecular complexity index is 476. The van der Waals surface area contributed by atoms with E-state index in [2.05, 4.69) is 15.9 Å². The zero-order chi connectivity index (χ0) is 12.3. The molecule has 0 bridgehead atoms. The molecule has 6 heteroatoms. The zero-order valence-electron chi connectivity index (χ0n) is 8.78. The monoisotopic (exact) mass is 325 g/mol. The average molecular weight is 327 g/mol. The maximum Gasteiger partial charge on any atom is 0.158 e. The Balaban J connectivity index is 2.97. The summed E-state index contributed by atoms with van der Waals surface area (Å²) in [6.45, 7) is 1.72. The summed E-state index contributed by atoms with van der Waals surface area (Å²) in [5, 5.41) is -0.102. The van der Waals surface area contributed by atoms with Crippen molar-refractivity contribution < 1.29 is 8.42 Å². The third-order valence-electron chi connectivity index (χ3n) is 2.32. The first-order chi connectivity index (χ1) is 7.36. The van der Waals surface area contributed by atoms with Crippen LogP contribution in [0.2, 0.25) is 5.02 Å². The lowest BCUT2D eigenvalue weighted by Gasteiger charge is -2.11. The van der Waals surface area contributed by atoms with E-state index in [4.69, 9.17) is 17.3 Å². The Morgan fingerprint density at radius 3 is 2.62 bits per heavy atom. The standard InChI is InChI=1S/C10H13BrClNO2S/c1-7(5-13)16(14,15)6-8-2-3-9(11)4-10(8)12/h2-4,7H,5-6,13H2,1H3. The van der Waals surface area contributed by atoms with Crippen molar-refractivity contribution in [1.82, 2.24) is 0 Å². The van der Waals surface area contributed by atoms with Crippen LogP contribution in [0.5, 0.6) is 0 Å². The quantitative estimate of drug-likeness (QED) is 0.924.